The fourth-order valence-corrected chi connectivity index (χ4v) is 2.61. The molecule has 0 unspecified atom stereocenters. The van der Waals surface area contributed by atoms with Crippen LogP contribution in [0.4, 0.5) is 0 Å². The van der Waals surface area contributed by atoms with Crippen LogP contribution in [0.2, 0.25) is 0 Å². The van der Waals surface area contributed by atoms with Gasteiger partial charge in [-0.3, -0.25) is 9.59 Å². The maximum Gasteiger partial charge on any atom is 0.257 e. The van der Waals surface area contributed by atoms with Crippen molar-refractivity contribution in [3.05, 3.63) is 64.2 Å². The molecule has 0 radical (unpaired) electrons. The van der Waals surface area contributed by atoms with Crippen LogP contribution in [0.5, 0.6) is 5.75 Å². The van der Waals surface area contributed by atoms with E-state index in [1.165, 1.54) is 6.07 Å². The Labute approximate surface area is 138 Å². The summed E-state index contributed by atoms with van der Waals surface area (Å²) < 4.78 is 5.33. The first kappa shape index (κ1) is 15.9. The topological polar surface area (TPSA) is 87.0 Å². The zero-order chi connectivity index (χ0) is 16.9. The highest BCUT2D eigenvalue weighted by Gasteiger charge is 2.08. The number of hydrogen-bond donors (Lipinski definition) is 3. The minimum Gasteiger partial charge on any atom is -0.478 e. The zero-order valence-electron chi connectivity index (χ0n) is 13.4. The lowest BCUT2D eigenvalue weighted by Crippen LogP contribution is -2.31. The number of fused-ring (bicyclic) bond motifs is 1. The molecule has 2 aromatic heterocycles. The molecule has 0 fully saturated rings. The minimum atomic E-state index is -0.252. The summed E-state index contributed by atoms with van der Waals surface area (Å²) in [6.07, 6.45) is 4.23. The van der Waals surface area contributed by atoms with Crippen LogP contribution in [-0.4, -0.2) is 29.0 Å². The Hall–Kier alpha value is -3.02. The van der Waals surface area contributed by atoms with Gasteiger partial charge in [0.2, 0.25) is 5.43 Å². The van der Waals surface area contributed by atoms with Gasteiger partial charge in [0.25, 0.3) is 5.91 Å². The average molecular weight is 325 g/mol. The van der Waals surface area contributed by atoms with Gasteiger partial charge in [-0.15, -0.1) is 0 Å². The number of carbonyl (C=O) groups excluding carboxylic acids is 1. The van der Waals surface area contributed by atoms with E-state index < -0.39 is 0 Å². The quantitative estimate of drug-likeness (QED) is 0.647. The molecule has 0 aliphatic rings. The number of amides is 1. The molecule has 6 heteroatoms. The number of aromatic nitrogens is 2. The fraction of sp³-hybridized carbons (Fsp3) is 0.222. The van der Waals surface area contributed by atoms with E-state index in [4.69, 9.17) is 4.74 Å². The van der Waals surface area contributed by atoms with E-state index in [1.54, 1.807) is 13.1 Å². The number of hydrogen-bond acceptors (Lipinski definition) is 3. The number of nitrogens with one attached hydrogen (secondary N) is 3. The van der Waals surface area contributed by atoms with Gasteiger partial charge in [-0.1, -0.05) is 18.2 Å². The second-order valence-corrected chi connectivity index (χ2v) is 5.54. The molecule has 0 spiro atoms. The van der Waals surface area contributed by atoms with Crippen LogP contribution in [0.1, 0.15) is 11.3 Å². The van der Waals surface area contributed by atoms with Gasteiger partial charge in [-0.2, -0.15) is 0 Å². The highest BCUT2D eigenvalue weighted by Crippen LogP contribution is 2.17. The second-order valence-electron chi connectivity index (χ2n) is 5.54. The Morgan fingerprint density at radius 3 is 2.88 bits per heavy atom. The molecule has 1 amide bonds. The summed E-state index contributed by atoms with van der Waals surface area (Å²) >= 11 is 0. The van der Waals surface area contributed by atoms with E-state index in [9.17, 15) is 9.59 Å². The number of pyridine rings is 1. The molecule has 0 saturated carbocycles. The van der Waals surface area contributed by atoms with Crippen molar-refractivity contribution in [1.29, 1.82) is 0 Å². The number of aromatic amines is 2. The van der Waals surface area contributed by atoms with Gasteiger partial charge >= 0.3 is 0 Å². The normalized spacial score (nSPS) is 10.7. The Balaban J connectivity index is 1.50. The summed E-state index contributed by atoms with van der Waals surface area (Å²) in [5.41, 5.74) is 2.61. The summed E-state index contributed by atoms with van der Waals surface area (Å²) in [7, 11) is 0. The Kier molecular flexibility index (Phi) is 4.65. The van der Waals surface area contributed by atoms with Crippen molar-refractivity contribution in [2.24, 2.45) is 0 Å². The van der Waals surface area contributed by atoms with Gasteiger partial charge in [0, 0.05) is 35.9 Å². The molecule has 0 bridgehead atoms. The number of H-pyrrole nitrogens is 2. The van der Waals surface area contributed by atoms with Crippen molar-refractivity contribution >= 4 is 16.8 Å². The SMILES string of the molecule is Cc1[nH]ccc(=O)c1OCC(=O)NCCc1c[nH]c2ccccc12. The second kappa shape index (κ2) is 7.04. The number of carbonyl (C=O) groups is 1. The third kappa shape index (κ3) is 3.48. The van der Waals surface area contributed by atoms with Gasteiger partial charge in [-0.05, 0) is 25.0 Å². The van der Waals surface area contributed by atoms with E-state index >= 15 is 0 Å². The van der Waals surface area contributed by atoms with E-state index in [0.717, 1.165) is 22.9 Å². The van der Waals surface area contributed by atoms with Crippen molar-refractivity contribution in [3.8, 4) is 5.75 Å². The van der Waals surface area contributed by atoms with Gasteiger partial charge in [0.05, 0.1) is 5.69 Å². The molecule has 3 N–H and O–H groups in total. The van der Waals surface area contributed by atoms with E-state index in [0.29, 0.717) is 12.2 Å². The van der Waals surface area contributed by atoms with E-state index in [1.807, 2.05) is 24.4 Å². The maximum absolute atomic E-state index is 11.9. The molecule has 0 aliphatic heterocycles. The molecule has 2 heterocycles. The minimum absolute atomic E-state index is 0.179. The van der Waals surface area contributed by atoms with Crippen LogP contribution in [0, 0.1) is 6.92 Å². The van der Waals surface area contributed by atoms with E-state index in [-0.39, 0.29) is 23.7 Å². The third-order valence-electron chi connectivity index (χ3n) is 3.84. The molecule has 0 aliphatic carbocycles. The third-order valence-corrected chi connectivity index (χ3v) is 3.84. The molecule has 0 atom stereocenters. The van der Waals surface area contributed by atoms with Crippen LogP contribution in [0.3, 0.4) is 0 Å². The Morgan fingerprint density at radius 2 is 2.04 bits per heavy atom. The predicted octanol–water partition coefficient (Wildman–Crippen LogP) is 1.90. The summed E-state index contributed by atoms with van der Waals surface area (Å²) in [4.78, 5) is 29.6. The van der Waals surface area contributed by atoms with Crippen molar-refractivity contribution in [2.45, 2.75) is 13.3 Å². The predicted molar refractivity (Wildman–Crippen MR) is 92.3 cm³/mol. The number of ether oxygens (including phenoxy) is 1. The Morgan fingerprint density at radius 1 is 1.21 bits per heavy atom. The molecule has 24 heavy (non-hydrogen) atoms. The number of rotatable bonds is 6. The monoisotopic (exact) mass is 325 g/mol. The summed E-state index contributed by atoms with van der Waals surface area (Å²) in [6.45, 7) is 2.06. The van der Waals surface area contributed by atoms with Crippen LogP contribution in [-0.2, 0) is 11.2 Å². The van der Waals surface area contributed by atoms with Crippen LogP contribution >= 0.6 is 0 Å². The van der Waals surface area contributed by atoms with Crippen molar-refractivity contribution in [2.75, 3.05) is 13.2 Å². The smallest absolute Gasteiger partial charge is 0.257 e. The molecule has 124 valence electrons. The first-order valence-corrected chi connectivity index (χ1v) is 7.78. The van der Waals surface area contributed by atoms with Crippen molar-refractivity contribution in [1.82, 2.24) is 15.3 Å². The first-order valence-electron chi connectivity index (χ1n) is 7.78. The average Bonchev–Trinajstić information content (AvgIpc) is 2.98. The molecule has 0 saturated heterocycles. The van der Waals surface area contributed by atoms with Crippen molar-refractivity contribution in [3.63, 3.8) is 0 Å². The van der Waals surface area contributed by atoms with Gasteiger partial charge in [0.15, 0.2) is 12.4 Å². The first-order chi connectivity index (χ1) is 11.6. The van der Waals surface area contributed by atoms with Crippen LogP contribution in [0.25, 0.3) is 10.9 Å². The number of benzene rings is 1. The molecule has 3 aromatic rings. The highest BCUT2D eigenvalue weighted by atomic mass is 16.5. The lowest BCUT2D eigenvalue weighted by molar-refractivity contribution is -0.123. The highest BCUT2D eigenvalue weighted by molar-refractivity contribution is 5.83. The lowest BCUT2D eigenvalue weighted by atomic mass is 10.1. The molecule has 6 nitrogen and oxygen atoms in total. The summed E-state index contributed by atoms with van der Waals surface area (Å²) in [5.74, 6) is -0.0678. The van der Waals surface area contributed by atoms with E-state index in [2.05, 4.69) is 21.4 Å². The fourth-order valence-electron chi connectivity index (χ4n) is 2.61. The number of para-hydroxylation sites is 1. The molecular formula is C18H19N3O3. The maximum atomic E-state index is 11.9. The van der Waals surface area contributed by atoms with Crippen LogP contribution in [0.15, 0.2) is 47.5 Å². The van der Waals surface area contributed by atoms with Gasteiger partial charge in [0.1, 0.15) is 0 Å². The van der Waals surface area contributed by atoms with Crippen LogP contribution < -0.4 is 15.5 Å². The molecular weight excluding hydrogens is 306 g/mol. The molecule has 1 aromatic carbocycles. The Bertz CT molecular complexity index is 911. The zero-order valence-corrected chi connectivity index (χ0v) is 13.4. The van der Waals surface area contributed by atoms with Crippen molar-refractivity contribution < 1.29 is 9.53 Å². The van der Waals surface area contributed by atoms with Gasteiger partial charge < -0.3 is 20.0 Å². The largest absolute Gasteiger partial charge is 0.478 e. The van der Waals surface area contributed by atoms with Gasteiger partial charge in [-0.25, -0.2) is 0 Å². The summed E-state index contributed by atoms with van der Waals surface area (Å²) in [5, 5.41) is 3.97. The molecule has 3 rings (SSSR count). The summed E-state index contributed by atoms with van der Waals surface area (Å²) in [6, 6.07) is 9.42. The number of aryl methyl sites for hydroxylation is 1. The standard InChI is InChI=1S/C18H19N3O3/c1-12-18(16(22)7-9-19-12)24-11-17(23)20-8-6-13-10-21-15-5-3-2-4-14(13)15/h2-5,7,9-10,21H,6,8,11H2,1H3,(H,19,22)(H,20,23). The lowest BCUT2D eigenvalue weighted by Gasteiger charge is -2.08.